The van der Waals surface area contributed by atoms with Crippen molar-refractivity contribution in [2.45, 2.75) is 30.7 Å². The van der Waals surface area contributed by atoms with Gasteiger partial charge in [0.15, 0.2) is 0 Å². The van der Waals surface area contributed by atoms with E-state index in [1.54, 1.807) is 0 Å². The third-order valence-electron chi connectivity index (χ3n) is 4.01. The summed E-state index contributed by atoms with van der Waals surface area (Å²) in [6.45, 7) is 1.43. The average Bonchev–Trinajstić information content (AvgIpc) is 3.37. The minimum Gasteiger partial charge on any atom is -0.353 e. The molecule has 4 N–H and O–H groups in total. The summed E-state index contributed by atoms with van der Waals surface area (Å²) in [5.41, 5.74) is 6.41. The summed E-state index contributed by atoms with van der Waals surface area (Å²) in [5.74, 6) is -0.172. The summed E-state index contributed by atoms with van der Waals surface area (Å²) in [4.78, 5) is 23.0. The monoisotopic (exact) mass is 404 g/mol. The predicted octanol–water partition coefficient (Wildman–Crippen LogP) is 0.541. The van der Waals surface area contributed by atoms with Gasteiger partial charge in [-0.15, -0.1) is 12.4 Å². The van der Waals surface area contributed by atoms with Gasteiger partial charge < -0.3 is 16.4 Å². The number of anilines is 1. The number of amides is 2. The van der Waals surface area contributed by atoms with Crippen LogP contribution in [0.15, 0.2) is 29.2 Å². The Kier molecular flexibility index (Phi) is 8.01. The lowest BCUT2D eigenvalue weighted by atomic mass is 10.2. The molecule has 146 valence electrons. The highest BCUT2D eigenvalue weighted by Crippen LogP contribution is 2.31. The molecule has 1 fully saturated rings. The standard InChI is InChI=1S/C16H24N4O4S.ClH/c1-11(21)19-13-5-7-14(8-6-13)25(23,24)20(2)10-16(22)18-9-15(17)12-3-4-12;/h5-8,12,15H,3-4,9-10,17H2,1-2H3,(H,18,22)(H,19,21);1H. The van der Waals surface area contributed by atoms with Crippen LogP contribution < -0.4 is 16.4 Å². The van der Waals surface area contributed by atoms with Gasteiger partial charge in [-0.1, -0.05) is 0 Å². The van der Waals surface area contributed by atoms with Crippen LogP contribution in [0.5, 0.6) is 0 Å². The Morgan fingerprint density at radius 3 is 2.35 bits per heavy atom. The predicted molar refractivity (Wildman–Crippen MR) is 102 cm³/mol. The first-order valence-corrected chi connectivity index (χ1v) is 9.50. The van der Waals surface area contributed by atoms with Crippen LogP contribution in [0.25, 0.3) is 0 Å². The maximum Gasteiger partial charge on any atom is 0.243 e. The summed E-state index contributed by atoms with van der Waals surface area (Å²) in [7, 11) is -2.45. The second kappa shape index (κ2) is 9.31. The number of halogens is 1. The first-order valence-electron chi connectivity index (χ1n) is 8.06. The quantitative estimate of drug-likeness (QED) is 0.583. The van der Waals surface area contributed by atoms with E-state index in [9.17, 15) is 18.0 Å². The average molecular weight is 405 g/mol. The molecule has 0 radical (unpaired) electrons. The molecule has 2 rings (SSSR count). The Labute approximate surface area is 160 Å². The van der Waals surface area contributed by atoms with E-state index < -0.39 is 15.9 Å². The van der Waals surface area contributed by atoms with Crippen LogP contribution in [0, 0.1) is 5.92 Å². The Hall–Kier alpha value is -1.68. The minimum absolute atomic E-state index is 0. The molecule has 2 amide bonds. The Morgan fingerprint density at radius 1 is 1.27 bits per heavy atom. The van der Waals surface area contributed by atoms with Gasteiger partial charge in [-0.2, -0.15) is 4.31 Å². The Balaban J connectivity index is 0.00000338. The van der Waals surface area contributed by atoms with E-state index in [0.717, 1.165) is 17.1 Å². The molecule has 0 heterocycles. The van der Waals surface area contributed by atoms with Gasteiger partial charge in [-0.25, -0.2) is 8.42 Å². The van der Waals surface area contributed by atoms with Crippen molar-refractivity contribution in [3.05, 3.63) is 24.3 Å². The number of carbonyl (C=O) groups excluding carboxylic acids is 2. The lowest BCUT2D eigenvalue weighted by Gasteiger charge is -2.18. The number of sulfonamides is 1. The van der Waals surface area contributed by atoms with Crippen molar-refractivity contribution in [3.63, 3.8) is 0 Å². The fourth-order valence-corrected chi connectivity index (χ4v) is 3.49. The molecule has 26 heavy (non-hydrogen) atoms. The normalized spacial score (nSPS) is 15.1. The van der Waals surface area contributed by atoms with Crippen molar-refractivity contribution in [2.75, 3.05) is 25.5 Å². The second-order valence-corrected chi connectivity index (χ2v) is 8.32. The number of rotatable bonds is 8. The van der Waals surface area contributed by atoms with Crippen LogP contribution in [0.3, 0.4) is 0 Å². The van der Waals surface area contributed by atoms with Crippen molar-refractivity contribution in [3.8, 4) is 0 Å². The smallest absolute Gasteiger partial charge is 0.243 e. The number of nitrogens with one attached hydrogen (secondary N) is 2. The summed E-state index contributed by atoms with van der Waals surface area (Å²) in [6, 6.07) is 5.69. The van der Waals surface area contributed by atoms with E-state index in [2.05, 4.69) is 10.6 Å². The zero-order valence-electron chi connectivity index (χ0n) is 14.8. The summed E-state index contributed by atoms with van der Waals surface area (Å²) in [6.07, 6.45) is 2.17. The molecule has 0 saturated heterocycles. The van der Waals surface area contributed by atoms with Crippen molar-refractivity contribution in [1.29, 1.82) is 0 Å². The van der Waals surface area contributed by atoms with E-state index in [0.29, 0.717) is 18.2 Å². The molecule has 0 aromatic heterocycles. The molecule has 1 atom stereocenters. The van der Waals surface area contributed by atoms with Crippen LogP contribution in [0.2, 0.25) is 0 Å². The van der Waals surface area contributed by atoms with Gasteiger partial charge in [0.1, 0.15) is 0 Å². The molecule has 1 aliphatic rings. The van der Waals surface area contributed by atoms with Gasteiger partial charge in [0.25, 0.3) is 0 Å². The van der Waals surface area contributed by atoms with Crippen LogP contribution in [-0.2, 0) is 19.6 Å². The molecule has 8 nitrogen and oxygen atoms in total. The van der Waals surface area contributed by atoms with Crippen LogP contribution >= 0.6 is 12.4 Å². The van der Waals surface area contributed by atoms with Gasteiger partial charge in [0.05, 0.1) is 11.4 Å². The number of benzene rings is 1. The Morgan fingerprint density at radius 2 is 1.85 bits per heavy atom. The third kappa shape index (κ3) is 6.24. The van der Waals surface area contributed by atoms with E-state index in [1.165, 1.54) is 38.2 Å². The first kappa shape index (κ1) is 22.4. The van der Waals surface area contributed by atoms with Crippen molar-refractivity contribution >= 4 is 39.9 Å². The first-order chi connectivity index (χ1) is 11.7. The molecule has 1 unspecified atom stereocenters. The topological polar surface area (TPSA) is 122 Å². The molecule has 1 aromatic rings. The molecule has 0 spiro atoms. The summed E-state index contributed by atoms with van der Waals surface area (Å²) < 4.78 is 26.0. The minimum atomic E-state index is -3.79. The molecule has 1 saturated carbocycles. The molecule has 1 aromatic carbocycles. The lowest BCUT2D eigenvalue weighted by Crippen LogP contribution is -2.43. The van der Waals surface area contributed by atoms with Gasteiger partial charge in [-0.05, 0) is 43.0 Å². The number of nitrogens with two attached hydrogens (primary N) is 1. The van der Waals surface area contributed by atoms with Crippen LogP contribution in [0.1, 0.15) is 19.8 Å². The largest absolute Gasteiger partial charge is 0.353 e. The number of hydrogen-bond acceptors (Lipinski definition) is 5. The fraction of sp³-hybridized carbons (Fsp3) is 0.500. The van der Waals surface area contributed by atoms with Crippen LogP contribution in [0.4, 0.5) is 5.69 Å². The van der Waals surface area contributed by atoms with Crippen molar-refractivity contribution in [2.24, 2.45) is 11.7 Å². The highest BCUT2D eigenvalue weighted by atomic mass is 35.5. The van der Waals surface area contributed by atoms with Gasteiger partial charge in [-0.3, -0.25) is 9.59 Å². The second-order valence-electron chi connectivity index (χ2n) is 6.27. The number of nitrogens with zero attached hydrogens (tertiary/aromatic N) is 1. The lowest BCUT2D eigenvalue weighted by molar-refractivity contribution is -0.121. The SMILES string of the molecule is CC(=O)Nc1ccc(S(=O)(=O)N(C)CC(=O)NCC(N)C2CC2)cc1.Cl. The Bertz CT molecular complexity index is 735. The molecule has 0 aliphatic heterocycles. The van der Waals surface area contributed by atoms with Crippen LogP contribution in [-0.4, -0.2) is 50.7 Å². The van der Waals surface area contributed by atoms with Gasteiger partial charge in [0, 0.05) is 32.2 Å². The van der Waals surface area contributed by atoms with Gasteiger partial charge in [0.2, 0.25) is 21.8 Å². The third-order valence-corrected chi connectivity index (χ3v) is 5.83. The number of hydrogen-bond donors (Lipinski definition) is 3. The molecule has 1 aliphatic carbocycles. The maximum absolute atomic E-state index is 12.5. The highest BCUT2D eigenvalue weighted by Gasteiger charge is 2.29. The van der Waals surface area contributed by atoms with E-state index in [-0.39, 0.29) is 35.8 Å². The number of carbonyl (C=O) groups is 2. The molecular weight excluding hydrogens is 380 g/mol. The van der Waals surface area contributed by atoms with Crippen molar-refractivity contribution < 1.29 is 18.0 Å². The summed E-state index contributed by atoms with van der Waals surface area (Å²) >= 11 is 0. The highest BCUT2D eigenvalue weighted by molar-refractivity contribution is 7.89. The zero-order valence-corrected chi connectivity index (χ0v) is 16.4. The molecule has 0 bridgehead atoms. The summed E-state index contributed by atoms with van der Waals surface area (Å²) in [5, 5.41) is 5.23. The fourth-order valence-electron chi connectivity index (χ4n) is 2.36. The van der Waals surface area contributed by atoms with Crippen molar-refractivity contribution in [1.82, 2.24) is 9.62 Å². The van der Waals surface area contributed by atoms with E-state index in [1.807, 2.05) is 0 Å². The molecule has 10 heteroatoms. The maximum atomic E-state index is 12.5. The van der Waals surface area contributed by atoms with E-state index >= 15 is 0 Å². The van der Waals surface area contributed by atoms with E-state index in [4.69, 9.17) is 5.73 Å². The zero-order chi connectivity index (χ0) is 18.6. The molecular formula is C16H25ClN4O4S. The van der Waals surface area contributed by atoms with Gasteiger partial charge >= 0.3 is 0 Å². The number of likely N-dealkylation sites (N-methyl/N-ethyl adjacent to an activating group) is 1.